The minimum atomic E-state index is 0.539. The number of unbranched alkanes of at least 4 members (excludes halogenated alkanes) is 1. The predicted octanol–water partition coefficient (Wildman–Crippen LogP) is 1.18. The van der Waals surface area contributed by atoms with Crippen molar-refractivity contribution in [3.8, 4) is 11.8 Å². The van der Waals surface area contributed by atoms with Crippen molar-refractivity contribution in [3.05, 3.63) is 18.0 Å². The number of nitrogens with one attached hydrogen (secondary N) is 1. The van der Waals surface area contributed by atoms with Crippen molar-refractivity contribution in [2.24, 2.45) is 0 Å². The molecule has 1 aromatic rings. The largest absolute Gasteiger partial charge is 0.312 e. The Morgan fingerprint density at radius 1 is 1.64 bits per heavy atom. The first kappa shape index (κ1) is 9.29. The summed E-state index contributed by atoms with van der Waals surface area (Å²) in [6, 6.07) is 0.539. The Balaban J connectivity index is 1.99. The molecule has 2 rings (SSSR count). The van der Waals surface area contributed by atoms with Gasteiger partial charge in [-0.05, 0) is 6.42 Å². The second-order valence-corrected chi connectivity index (χ2v) is 3.57. The van der Waals surface area contributed by atoms with Gasteiger partial charge in [-0.1, -0.05) is 18.8 Å². The minimum Gasteiger partial charge on any atom is -0.312 e. The molecule has 74 valence electrons. The van der Waals surface area contributed by atoms with Crippen molar-refractivity contribution in [2.45, 2.75) is 25.8 Å². The van der Waals surface area contributed by atoms with Crippen molar-refractivity contribution in [1.82, 2.24) is 15.1 Å². The molecule has 1 N–H and O–H groups in total. The van der Waals surface area contributed by atoms with Crippen LogP contribution in [0.3, 0.4) is 0 Å². The molecule has 0 atom stereocenters. The van der Waals surface area contributed by atoms with E-state index in [2.05, 4.69) is 29.2 Å². The summed E-state index contributed by atoms with van der Waals surface area (Å²) in [7, 11) is 0. The smallest absolute Gasteiger partial charge is 0.0768 e. The zero-order valence-electron chi connectivity index (χ0n) is 8.45. The third kappa shape index (κ3) is 1.97. The molecule has 0 aromatic carbocycles. The molecule has 1 aromatic heterocycles. The van der Waals surface area contributed by atoms with Crippen LogP contribution in [0, 0.1) is 11.8 Å². The normalized spacial score (nSPS) is 15.8. The molecule has 0 bridgehead atoms. The quantitative estimate of drug-likeness (QED) is 0.708. The second kappa shape index (κ2) is 4.30. The number of hydrogen-bond donors (Lipinski definition) is 1. The molecule has 1 aliphatic rings. The number of nitrogens with zero attached hydrogens (tertiary/aromatic N) is 2. The van der Waals surface area contributed by atoms with Crippen molar-refractivity contribution >= 4 is 0 Å². The van der Waals surface area contributed by atoms with Crippen LogP contribution in [0.4, 0.5) is 0 Å². The maximum atomic E-state index is 4.29. The molecule has 14 heavy (non-hydrogen) atoms. The molecule has 0 spiro atoms. The summed E-state index contributed by atoms with van der Waals surface area (Å²) in [6.45, 7) is 4.20. The van der Waals surface area contributed by atoms with Crippen molar-refractivity contribution < 1.29 is 0 Å². The van der Waals surface area contributed by atoms with Gasteiger partial charge in [0, 0.05) is 25.7 Å². The van der Waals surface area contributed by atoms with Gasteiger partial charge in [0.1, 0.15) is 0 Å². The molecule has 1 fully saturated rings. The molecular weight excluding hydrogens is 174 g/mol. The third-order valence-electron chi connectivity index (χ3n) is 2.34. The van der Waals surface area contributed by atoms with Crippen molar-refractivity contribution in [1.29, 1.82) is 0 Å². The van der Waals surface area contributed by atoms with E-state index >= 15 is 0 Å². The molecule has 2 heterocycles. The summed E-state index contributed by atoms with van der Waals surface area (Å²) in [5.74, 6) is 6.24. The Labute approximate surface area is 84.5 Å². The van der Waals surface area contributed by atoms with Gasteiger partial charge in [0.15, 0.2) is 0 Å². The summed E-state index contributed by atoms with van der Waals surface area (Å²) in [4.78, 5) is 0. The standard InChI is InChI=1S/C11H15N3/c1-2-3-4-5-10-6-13-14(9-10)11-7-12-8-11/h6,9,11-12H,2-3,7-8H2,1H3. The van der Waals surface area contributed by atoms with Crippen LogP contribution in [0.5, 0.6) is 0 Å². The highest BCUT2D eigenvalue weighted by atomic mass is 15.3. The fourth-order valence-electron chi connectivity index (χ4n) is 1.35. The second-order valence-electron chi connectivity index (χ2n) is 3.57. The number of aromatic nitrogens is 2. The fourth-order valence-corrected chi connectivity index (χ4v) is 1.35. The molecule has 1 aliphatic heterocycles. The van der Waals surface area contributed by atoms with E-state index in [1.165, 1.54) is 0 Å². The van der Waals surface area contributed by atoms with Crippen LogP contribution in [0.25, 0.3) is 0 Å². The fraction of sp³-hybridized carbons (Fsp3) is 0.545. The van der Waals surface area contributed by atoms with Gasteiger partial charge in [0.05, 0.1) is 17.8 Å². The number of rotatable bonds is 2. The molecule has 3 heteroatoms. The Bertz CT molecular complexity index is 352. The average molecular weight is 189 g/mol. The zero-order valence-corrected chi connectivity index (χ0v) is 8.45. The summed E-state index contributed by atoms with van der Waals surface area (Å²) in [5, 5.41) is 7.52. The van der Waals surface area contributed by atoms with Crippen molar-refractivity contribution in [3.63, 3.8) is 0 Å². The van der Waals surface area contributed by atoms with Gasteiger partial charge < -0.3 is 5.32 Å². The van der Waals surface area contributed by atoms with E-state index in [4.69, 9.17) is 0 Å². The topological polar surface area (TPSA) is 29.9 Å². The molecule has 1 saturated heterocycles. The maximum absolute atomic E-state index is 4.29. The van der Waals surface area contributed by atoms with Crippen LogP contribution in [0.1, 0.15) is 31.4 Å². The zero-order chi connectivity index (χ0) is 9.80. The minimum absolute atomic E-state index is 0.539. The van der Waals surface area contributed by atoms with Crippen LogP contribution in [-0.4, -0.2) is 22.9 Å². The Morgan fingerprint density at radius 2 is 2.50 bits per heavy atom. The van der Waals surface area contributed by atoms with E-state index < -0.39 is 0 Å². The molecular formula is C11H15N3. The van der Waals surface area contributed by atoms with E-state index in [0.717, 1.165) is 31.5 Å². The van der Waals surface area contributed by atoms with E-state index in [1.807, 2.05) is 17.1 Å². The van der Waals surface area contributed by atoms with Gasteiger partial charge in [-0.15, -0.1) is 0 Å². The van der Waals surface area contributed by atoms with Crippen LogP contribution >= 0.6 is 0 Å². The SMILES string of the molecule is CCCC#Cc1cnn(C2CNC2)c1. The first-order valence-electron chi connectivity index (χ1n) is 5.14. The summed E-state index contributed by atoms with van der Waals surface area (Å²) in [5.41, 5.74) is 1.03. The molecule has 0 saturated carbocycles. The lowest BCUT2D eigenvalue weighted by Gasteiger charge is -2.26. The first-order valence-corrected chi connectivity index (χ1v) is 5.14. The molecule has 0 unspecified atom stereocenters. The highest BCUT2D eigenvalue weighted by Crippen LogP contribution is 2.10. The van der Waals surface area contributed by atoms with E-state index in [0.29, 0.717) is 6.04 Å². The van der Waals surface area contributed by atoms with Gasteiger partial charge in [0.2, 0.25) is 0 Å². The van der Waals surface area contributed by atoms with E-state index in [9.17, 15) is 0 Å². The highest BCUT2D eigenvalue weighted by Gasteiger charge is 2.18. The predicted molar refractivity (Wildman–Crippen MR) is 55.9 cm³/mol. The van der Waals surface area contributed by atoms with Crippen LogP contribution in [0.2, 0.25) is 0 Å². The Hall–Kier alpha value is -1.27. The summed E-state index contributed by atoms with van der Waals surface area (Å²) >= 11 is 0. The summed E-state index contributed by atoms with van der Waals surface area (Å²) in [6.07, 6.45) is 5.97. The van der Waals surface area contributed by atoms with Crippen molar-refractivity contribution in [2.75, 3.05) is 13.1 Å². The lowest BCUT2D eigenvalue weighted by atomic mass is 10.2. The van der Waals surface area contributed by atoms with Gasteiger partial charge in [-0.2, -0.15) is 5.10 Å². The van der Waals surface area contributed by atoms with Crippen LogP contribution in [0.15, 0.2) is 12.4 Å². The number of hydrogen-bond acceptors (Lipinski definition) is 2. The molecule has 3 nitrogen and oxygen atoms in total. The van der Waals surface area contributed by atoms with Gasteiger partial charge in [-0.3, -0.25) is 4.68 Å². The lowest BCUT2D eigenvalue weighted by Crippen LogP contribution is -2.43. The van der Waals surface area contributed by atoms with Gasteiger partial charge in [0.25, 0.3) is 0 Å². The van der Waals surface area contributed by atoms with E-state index in [1.54, 1.807) is 0 Å². The van der Waals surface area contributed by atoms with Gasteiger partial charge >= 0.3 is 0 Å². The molecule has 0 aliphatic carbocycles. The maximum Gasteiger partial charge on any atom is 0.0768 e. The van der Waals surface area contributed by atoms with Crippen LogP contribution in [-0.2, 0) is 0 Å². The third-order valence-corrected chi connectivity index (χ3v) is 2.34. The molecule has 0 amide bonds. The Morgan fingerprint density at radius 3 is 3.14 bits per heavy atom. The Kier molecular flexibility index (Phi) is 2.85. The van der Waals surface area contributed by atoms with Crippen LogP contribution < -0.4 is 5.32 Å². The summed E-state index contributed by atoms with van der Waals surface area (Å²) < 4.78 is 2.01. The van der Waals surface area contributed by atoms with E-state index in [-0.39, 0.29) is 0 Å². The molecule has 0 radical (unpaired) electrons. The van der Waals surface area contributed by atoms with Gasteiger partial charge in [-0.25, -0.2) is 0 Å². The monoisotopic (exact) mass is 189 g/mol. The highest BCUT2D eigenvalue weighted by molar-refractivity contribution is 5.29. The average Bonchev–Trinajstić information content (AvgIpc) is 2.51. The lowest BCUT2D eigenvalue weighted by molar-refractivity contribution is 0.318. The first-order chi connectivity index (χ1) is 6.90.